The third-order valence-corrected chi connectivity index (χ3v) is 4.97. The molecule has 8 heteroatoms. The van der Waals surface area contributed by atoms with E-state index < -0.39 is 23.1 Å². The van der Waals surface area contributed by atoms with Crippen molar-refractivity contribution < 1.29 is 14.3 Å². The van der Waals surface area contributed by atoms with E-state index in [1.807, 2.05) is 0 Å². The van der Waals surface area contributed by atoms with Crippen LogP contribution in [0.2, 0.25) is 0 Å². The molecule has 29 heavy (non-hydrogen) atoms. The van der Waals surface area contributed by atoms with Gasteiger partial charge in [-0.1, -0.05) is 24.8 Å². The SMILES string of the molecule is C=CCOC(=O)C1=C(C)Nc2c(c(=O)n(C)c(=O)n2C)[C@H]1c1cccc(OC)c1. The van der Waals surface area contributed by atoms with Gasteiger partial charge >= 0.3 is 11.7 Å². The molecular weight excluding hydrogens is 374 g/mol. The second-order valence-electron chi connectivity index (χ2n) is 6.73. The highest BCUT2D eigenvalue weighted by molar-refractivity contribution is 5.94. The number of carbonyl (C=O) groups excluding carboxylic acids is 1. The summed E-state index contributed by atoms with van der Waals surface area (Å²) in [5.41, 5.74) is 0.818. The summed E-state index contributed by atoms with van der Waals surface area (Å²) in [6, 6.07) is 7.13. The van der Waals surface area contributed by atoms with Crippen LogP contribution in [0.1, 0.15) is 24.0 Å². The van der Waals surface area contributed by atoms with Gasteiger partial charge in [-0.15, -0.1) is 0 Å². The quantitative estimate of drug-likeness (QED) is 0.609. The van der Waals surface area contributed by atoms with Crippen LogP contribution in [0.25, 0.3) is 0 Å². The molecule has 0 amide bonds. The van der Waals surface area contributed by atoms with Crippen molar-refractivity contribution in [2.24, 2.45) is 14.1 Å². The van der Waals surface area contributed by atoms with Crippen molar-refractivity contribution in [2.45, 2.75) is 12.8 Å². The van der Waals surface area contributed by atoms with Crippen molar-refractivity contribution in [1.82, 2.24) is 9.13 Å². The lowest BCUT2D eigenvalue weighted by atomic mass is 9.82. The summed E-state index contributed by atoms with van der Waals surface area (Å²) in [6.45, 7) is 5.31. The predicted octanol–water partition coefficient (Wildman–Crippen LogP) is 1.65. The number of hydrogen-bond donors (Lipinski definition) is 1. The van der Waals surface area contributed by atoms with Gasteiger partial charge in [-0.3, -0.25) is 13.9 Å². The Morgan fingerprint density at radius 1 is 1.28 bits per heavy atom. The molecule has 1 aliphatic rings. The minimum Gasteiger partial charge on any atom is -0.497 e. The van der Waals surface area contributed by atoms with Crippen molar-refractivity contribution in [3.8, 4) is 5.75 Å². The summed E-state index contributed by atoms with van der Waals surface area (Å²) in [5, 5.41) is 3.04. The van der Waals surface area contributed by atoms with E-state index in [2.05, 4.69) is 11.9 Å². The van der Waals surface area contributed by atoms with Crippen molar-refractivity contribution in [3.63, 3.8) is 0 Å². The Morgan fingerprint density at radius 3 is 2.66 bits per heavy atom. The first-order valence-electron chi connectivity index (χ1n) is 9.01. The fourth-order valence-electron chi connectivity index (χ4n) is 3.53. The molecule has 1 aromatic carbocycles. The number of fused-ring (bicyclic) bond motifs is 1. The average Bonchev–Trinajstić information content (AvgIpc) is 2.73. The van der Waals surface area contributed by atoms with E-state index in [0.29, 0.717) is 34.0 Å². The van der Waals surface area contributed by atoms with Gasteiger partial charge in [0.15, 0.2) is 0 Å². The summed E-state index contributed by atoms with van der Waals surface area (Å²) in [5.74, 6) is -0.363. The van der Waals surface area contributed by atoms with Crippen LogP contribution in [-0.4, -0.2) is 28.8 Å². The molecule has 1 atom stereocenters. The number of anilines is 1. The first kappa shape index (κ1) is 20.2. The zero-order valence-corrected chi connectivity index (χ0v) is 16.8. The van der Waals surface area contributed by atoms with Crippen LogP contribution in [0.3, 0.4) is 0 Å². The number of nitrogens with zero attached hydrogens (tertiary/aromatic N) is 2. The summed E-state index contributed by atoms with van der Waals surface area (Å²) >= 11 is 0. The number of hydrogen-bond acceptors (Lipinski definition) is 6. The molecule has 0 fully saturated rings. The first-order valence-corrected chi connectivity index (χ1v) is 9.01. The molecule has 1 N–H and O–H groups in total. The van der Waals surface area contributed by atoms with E-state index in [0.717, 1.165) is 4.57 Å². The number of aromatic nitrogens is 2. The van der Waals surface area contributed by atoms with Crippen LogP contribution < -0.4 is 21.3 Å². The lowest BCUT2D eigenvalue weighted by molar-refractivity contribution is -0.138. The monoisotopic (exact) mass is 397 g/mol. The van der Waals surface area contributed by atoms with E-state index >= 15 is 0 Å². The highest BCUT2D eigenvalue weighted by Gasteiger charge is 2.37. The van der Waals surface area contributed by atoms with Crippen LogP contribution in [0.15, 0.2) is 57.8 Å². The van der Waals surface area contributed by atoms with Gasteiger partial charge in [-0.05, 0) is 24.6 Å². The van der Waals surface area contributed by atoms with Gasteiger partial charge in [0.25, 0.3) is 5.56 Å². The van der Waals surface area contributed by atoms with E-state index in [-0.39, 0.29) is 6.61 Å². The van der Waals surface area contributed by atoms with Gasteiger partial charge in [0.1, 0.15) is 18.2 Å². The molecule has 0 bridgehead atoms. The molecule has 8 nitrogen and oxygen atoms in total. The maximum atomic E-state index is 13.1. The van der Waals surface area contributed by atoms with Crippen LogP contribution >= 0.6 is 0 Å². The lowest BCUT2D eigenvalue weighted by Crippen LogP contribution is -2.43. The molecule has 152 valence electrons. The van der Waals surface area contributed by atoms with Gasteiger partial charge in [0.2, 0.25) is 0 Å². The van der Waals surface area contributed by atoms with Crippen molar-refractivity contribution in [2.75, 3.05) is 19.0 Å². The van der Waals surface area contributed by atoms with Crippen LogP contribution in [0.4, 0.5) is 5.82 Å². The second-order valence-corrected chi connectivity index (χ2v) is 6.73. The Bertz CT molecular complexity index is 1140. The molecule has 2 aromatic rings. The third-order valence-electron chi connectivity index (χ3n) is 4.97. The molecule has 1 aromatic heterocycles. The van der Waals surface area contributed by atoms with Gasteiger partial charge in [-0.2, -0.15) is 0 Å². The zero-order chi connectivity index (χ0) is 21.3. The standard InChI is InChI=1S/C21H23N3O5/c1-6-10-29-20(26)15-12(2)22-18-17(19(25)24(4)21(27)23(18)3)16(15)13-8-7-9-14(11-13)28-5/h6-9,11,16,22H,1,10H2,2-5H3/t16-/m0/s1. The Kier molecular flexibility index (Phi) is 5.45. The summed E-state index contributed by atoms with van der Waals surface area (Å²) in [7, 11) is 4.53. The topological polar surface area (TPSA) is 91.6 Å². The van der Waals surface area contributed by atoms with Crippen LogP contribution in [0, 0.1) is 0 Å². The molecule has 0 radical (unpaired) electrons. The smallest absolute Gasteiger partial charge is 0.337 e. The van der Waals surface area contributed by atoms with Crippen LogP contribution in [-0.2, 0) is 23.6 Å². The van der Waals surface area contributed by atoms with E-state index in [4.69, 9.17) is 9.47 Å². The number of ether oxygens (including phenoxy) is 2. The Morgan fingerprint density at radius 2 is 2.00 bits per heavy atom. The molecular formula is C21H23N3O5. The third kappa shape index (κ3) is 3.37. The molecule has 1 aliphatic heterocycles. The summed E-state index contributed by atoms with van der Waals surface area (Å²) < 4.78 is 13.0. The van der Waals surface area contributed by atoms with Gasteiger partial charge < -0.3 is 14.8 Å². The maximum Gasteiger partial charge on any atom is 0.337 e. The molecule has 0 unspecified atom stereocenters. The van der Waals surface area contributed by atoms with Gasteiger partial charge in [0.05, 0.1) is 24.2 Å². The van der Waals surface area contributed by atoms with Gasteiger partial charge in [-0.25, -0.2) is 9.59 Å². The van der Waals surface area contributed by atoms with Crippen LogP contribution in [0.5, 0.6) is 5.75 Å². The number of nitrogens with one attached hydrogen (secondary N) is 1. The molecule has 3 rings (SSSR count). The summed E-state index contributed by atoms with van der Waals surface area (Å²) in [4.78, 5) is 38.4. The zero-order valence-electron chi connectivity index (χ0n) is 16.8. The number of esters is 1. The number of rotatable bonds is 5. The molecule has 2 heterocycles. The minimum atomic E-state index is -0.732. The largest absolute Gasteiger partial charge is 0.497 e. The van der Waals surface area contributed by atoms with Gasteiger partial charge in [0, 0.05) is 19.8 Å². The van der Waals surface area contributed by atoms with E-state index in [1.54, 1.807) is 45.3 Å². The lowest BCUT2D eigenvalue weighted by Gasteiger charge is -2.30. The maximum absolute atomic E-state index is 13.1. The van der Waals surface area contributed by atoms with E-state index in [1.165, 1.54) is 17.7 Å². The predicted molar refractivity (Wildman–Crippen MR) is 109 cm³/mol. The fraction of sp³-hybridized carbons (Fsp3) is 0.286. The second kappa shape index (κ2) is 7.83. The normalized spacial score (nSPS) is 15.4. The Hall–Kier alpha value is -3.55. The van der Waals surface area contributed by atoms with Crippen molar-refractivity contribution >= 4 is 11.8 Å². The number of methoxy groups -OCH3 is 1. The molecule has 0 aliphatic carbocycles. The highest BCUT2D eigenvalue weighted by Crippen LogP contribution is 2.40. The van der Waals surface area contributed by atoms with Crippen molar-refractivity contribution in [3.05, 3.63) is 80.2 Å². The number of carbonyl (C=O) groups is 1. The molecule has 0 spiro atoms. The molecule has 0 saturated heterocycles. The Balaban J connectivity index is 2.34. The van der Waals surface area contributed by atoms with E-state index in [9.17, 15) is 14.4 Å². The fourth-order valence-corrected chi connectivity index (χ4v) is 3.53. The highest BCUT2D eigenvalue weighted by atomic mass is 16.5. The summed E-state index contributed by atoms with van der Waals surface area (Å²) in [6.07, 6.45) is 1.47. The number of benzene rings is 1. The Labute approximate surface area is 167 Å². The van der Waals surface area contributed by atoms with Crippen molar-refractivity contribution in [1.29, 1.82) is 0 Å². The number of allylic oxidation sites excluding steroid dienone is 1. The molecule has 0 saturated carbocycles. The first-order chi connectivity index (χ1) is 13.8. The average molecular weight is 397 g/mol. The minimum absolute atomic E-state index is 0.0403.